The van der Waals surface area contributed by atoms with Crippen molar-refractivity contribution in [2.75, 3.05) is 0 Å². The molecule has 132 valence electrons. The molecule has 0 aromatic rings. The van der Waals surface area contributed by atoms with Crippen LogP contribution in [0.2, 0.25) is 0 Å². The van der Waals surface area contributed by atoms with Gasteiger partial charge in [-0.1, -0.05) is 71.6 Å². The molecule has 1 fully saturated rings. The van der Waals surface area contributed by atoms with Gasteiger partial charge in [0.15, 0.2) is 0 Å². The summed E-state index contributed by atoms with van der Waals surface area (Å²) in [7, 11) is 0. The molecule has 1 aliphatic carbocycles. The van der Waals surface area contributed by atoms with E-state index >= 15 is 0 Å². The van der Waals surface area contributed by atoms with Gasteiger partial charge in [0, 0.05) is 0 Å². The van der Waals surface area contributed by atoms with Crippen LogP contribution in [0.5, 0.6) is 0 Å². The summed E-state index contributed by atoms with van der Waals surface area (Å²) in [6.07, 6.45) is 14.2. The Bertz CT molecular complexity index is 313. The molecule has 22 heavy (non-hydrogen) atoms. The van der Waals surface area contributed by atoms with Crippen molar-refractivity contribution in [3.63, 3.8) is 0 Å². The van der Waals surface area contributed by atoms with Crippen molar-refractivity contribution in [2.24, 2.45) is 5.92 Å². The van der Waals surface area contributed by atoms with Gasteiger partial charge in [0.25, 0.3) is 0 Å². The number of unbranched alkanes of at least 4 members (excludes halogenated alkanes) is 7. The van der Waals surface area contributed by atoms with Crippen LogP contribution in [0.3, 0.4) is 0 Å². The molecule has 0 aromatic heterocycles. The highest BCUT2D eigenvalue weighted by atomic mass is 32.2. The van der Waals surface area contributed by atoms with E-state index in [4.69, 9.17) is 63.1 Å². The van der Waals surface area contributed by atoms with Gasteiger partial charge in [0.1, 0.15) is 0 Å². The van der Waals surface area contributed by atoms with Crippen LogP contribution in [-0.2, 0) is 0 Å². The molecule has 0 aliphatic heterocycles. The zero-order valence-electron chi connectivity index (χ0n) is 14.1. The third-order valence-corrected chi connectivity index (χ3v) is 10.3. The Morgan fingerprint density at radius 1 is 0.591 bits per heavy atom. The molecule has 1 unspecified atom stereocenters. The van der Waals surface area contributed by atoms with Crippen LogP contribution < -0.4 is 0 Å². The van der Waals surface area contributed by atoms with E-state index in [1.807, 2.05) is 0 Å². The van der Waals surface area contributed by atoms with Crippen molar-refractivity contribution in [3.05, 3.63) is 0 Å². The lowest BCUT2D eigenvalue weighted by atomic mass is 9.89. The van der Waals surface area contributed by atoms with Gasteiger partial charge in [0.05, 0.1) is 12.9 Å². The smallest absolute Gasteiger partial charge is 0.0969 e. The summed E-state index contributed by atoms with van der Waals surface area (Å²) in [6, 6.07) is 0. The highest BCUT2D eigenvalue weighted by Crippen LogP contribution is 2.77. The molecule has 0 spiro atoms. The van der Waals surface area contributed by atoms with Gasteiger partial charge >= 0.3 is 0 Å². The van der Waals surface area contributed by atoms with Crippen LogP contribution in [0.4, 0.5) is 0 Å². The van der Waals surface area contributed by atoms with Crippen molar-refractivity contribution >= 4 is 63.1 Å². The standard InChI is InChI=1S/C17H34S5/c1-3-5-7-9-11-13-14(12-10-8-6-4-2)15(18)16(19,20)17(15,21)22/h14,18-22H,3-13H2,1-2H3. The van der Waals surface area contributed by atoms with Gasteiger partial charge in [-0.05, 0) is 18.8 Å². The minimum absolute atomic E-state index is 0.296. The molecule has 0 nitrogen and oxygen atoms in total. The summed E-state index contributed by atoms with van der Waals surface area (Å²) in [5.41, 5.74) is 0. The summed E-state index contributed by atoms with van der Waals surface area (Å²) in [5, 5.41) is 0. The number of hydrogen-bond donors (Lipinski definition) is 5. The molecule has 1 rings (SSSR count). The van der Waals surface area contributed by atoms with Crippen molar-refractivity contribution in [3.8, 4) is 0 Å². The number of thiol groups is 5. The van der Waals surface area contributed by atoms with Crippen LogP contribution >= 0.6 is 63.1 Å². The van der Waals surface area contributed by atoms with E-state index < -0.39 is 8.16 Å². The van der Waals surface area contributed by atoms with E-state index in [0.29, 0.717) is 5.92 Å². The van der Waals surface area contributed by atoms with E-state index in [0.717, 1.165) is 0 Å². The summed E-state index contributed by atoms with van der Waals surface area (Å²) in [4.78, 5) is 0. The Morgan fingerprint density at radius 2 is 0.955 bits per heavy atom. The molecule has 0 aromatic carbocycles. The average Bonchev–Trinajstić information content (AvgIpc) is 2.78. The topological polar surface area (TPSA) is 0 Å². The minimum Gasteiger partial charge on any atom is -0.167 e. The Balaban J connectivity index is 2.55. The Kier molecular flexibility index (Phi) is 9.36. The van der Waals surface area contributed by atoms with Gasteiger partial charge in [-0.2, -0.15) is 63.1 Å². The molecule has 0 amide bonds. The van der Waals surface area contributed by atoms with Crippen LogP contribution in [-0.4, -0.2) is 12.9 Å². The highest BCUT2D eigenvalue weighted by molar-refractivity contribution is 8.12. The van der Waals surface area contributed by atoms with Crippen molar-refractivity contribution in [2.45, 2.75) is 97.4 Å². The fourth-order valence-electron chi connectivity index (χ4n) is 3.45. The lowest BCUT2D eigenvalue weighted by molar-refractivity contribution is 0.384. The molecular weight excluding hydrogens is 365 g/mol. The van der Waals surface area contributed by atoms with Crippen molar-refractivity contribution < 1.29 is 0 Å². The molecule has 1 aliphatic rings. The molecule has 0 saturated heterocycles. The van der Waals surface area contributed by atoms with Gasteiger partial charge in [-0.15, -0.1) is 0 Å². The van der Waals surface area contributed by atoms with Gasteiger partial charge < -0.3 is 0 Å². The second-order valence-electron chi connectivity index (χ2n) is 6.86. The van der Waals surface area contributed by atoms with E-state index in [1.165, 1.54) is 70.6 Å². The third-order valence-electron chi connectivity index (χ3n) is 5.14. The van der Waals surface area contributed by atoms with E-state index in [-0.39, 0.29) is 4.75 Å². The SMILES string of the molecule is CCCCCCCC(CCCCCC)C1(S)C(S)(S)C1(S)S. The van der Waals surface area contributed by atoms with Gasteiger partial charge in [-0.25, -0.2) is 0 Å². The zero-order chi connectivity index (χ0) is 16.9. The first-order chi connectivity index (χ1) is 10.3. The third kappa shape index (κ3) is 4.47. The lowest BCUT2D eigenvalue weighted by Gasteiger charge is -2.26. The molecule has 0 N–H and O–H groups in total. The number of hydrogen-bond acceptors (Lipinski definition) is 5. The van der Waals surface area contributed by atoms with Crippen LogP contribution in [0.1, 0.15) is 84.5 Å². The molecule has 1 atom stereocenters. The predicted octanol–water partition coefficient (Wildman–Crippen LogP) is 6.73. The Labute approximate surface area is 165 Å². The Hall–Kier alpha value is 1.75. The zero-order valence-corrected chi connectivity index (χ0v) is 18.6. The molecule has 5 heteroatoms. The quantitative estimate of drug-likeness (QED) is 0.134. The lowest BCUT2D eigenvalue weighted by Crippen LogP contribution is -2.25. The molecular formula is C17H34S5. The fourth-order valence-corrected chi connectivity index (χ4v) is 6.57. The summed E-state index contributed by atoms with van der Waals surface area (Å²) >= 11 is 23.8. The normalized spacial score (nSPS) is 22.5. The van der Waals surface area contributed by atoms with Crippen LogP contribution in [0, 0.1) is 5.92 Å². The number of rotatable bonds is 12. The average molecular weight is 399 g/mol. The minimum atomic E-state index is -0.506. The second kappa shape index (κ2) is 9.45. The molecule has 0 heterocycles. The maximum atomic E-state index is 4.98. The summed E-state index contributed by atoms with van der Waals surface area (Å²) in [6.45, 7) is 4.51. The largest absolute Gasteiger partial charge is 0.167 e. The van der Waals surface area contributed by atoms with Crippen molar-refractivity contribution in [1.82, 2.24) is 0 Å². The molecule has 0 bridgehead atoms. The van der Waals surface area contributed by atoms with Crippen LogP contribution in [0.25, 0.3) is 0 Å². The highest BCUT2D eigenvalue weighted by Gasteiger charge is 2.82. The van der Waals surface area contributed by atoms with Gasteiger partial charge in [-0.3, -0.25) is 0 Å². The summed E-state index contributed by atoms with van der Waals surface area (Å²) < 4.78 is -1.31. The maximum Gasteiger partial charge on any atom is 0.0969 e. The second-order valence-corrected chi connectivity index (χ2v) is 11.0. The van der Waals surface area contributed by atoms with Crippen molar-refractivity contribution in [1.29, 1.82) is 0 Å². The molecule has 0 radical (unpaired) electrons. The Morgan fingerprint density at radius 3 is 1.32 bits per heavy atom. The fraction of sp³-hybridized carbons (Fsp3) is 1.00. The monoisotopic (exact) mass is 398 g/mol. The van der Waals surface area contributed by atoms with E-state index in [9.17, 15) is 0 Å². The maximum absolute atomic E-state index is 4.98. The summed E-state index contributed by atoms with van der Waals surface area (Å²) in [5.74, 6) is 0.499. The van der Waals surface area contributed by atoms with E-state index in [2.05, 4.69) is 13.8 Å². The first-order valence-electron chi connectivity index (χ1n) is 8.89. The first-order valence-corrected chi connectivity index (χ1v) is 11.1. The van der Waals surface area contributed by atoms with Gasteiger partial charge in [0.2, 0.25) is 0 Å². The van der Waals surface area contributed by atoms with E-state index in [1.54, 1.807) is 0 Å². The predicted molar refractivity (Wildman–Crippen MR) is 119 cm³/mol. The van der Waals surface area contributed by atoms with Crippen LogP contribution in [0.15, 0.2) is 0 Å². The molecule has 1 saturated carbocycles. The first kappa shape index (κ1) is 21.8.